The third kappa shape index (κ3) is 2.45. The van der Waals surface area contributed by atoms with Crippen LogP contribution in [0.5, 0.6) is 0 Å². The van der Waals surface area contributed by atoms with Gasteiger partial charge in [-0.15, -0.1) is 0 Å². The van der Waals surface area contributed by atoms with Crippen molar-refractivity contribution in [3.63, 3.8) is 0 Å². The molecule has 1 fully saturated rings. The van der Waals surface area contributed by atoms with Gasteiger partial charge in [0.2, 0.25) is 5.91 Å². The van der Waals surface area contributed by atoms with Gasteiger partial charge in [-0.25, -0.2) is 0 Å². The lowest BCUT2D eigenvalue weighted by Crippen LogP contribution is -2.66. The minimum absolute atomic E-state index is 0.125. The molecule has 0 radical (unpaired) electrons. The van der Waals surface area contributed by atoms with E-state index in [2.05, 4.69) is 24.4 Å². The molecule has 3 rings (SSSR count). The summed E-state index contributed by atoms with van der Waals surface area (Å²) in [5.74, 6) is 0.125. The van der Waals surface area contributed by atoms with Crippen LogP contribution < -0.4 is 5.32 Å². The molecule has 1 aromatic carbocycles. The molecule has 2 N–H and O–H groups in total. The van der Waals surface area contributed by atoms with Crippen molar-refractivity contribution >= 4 is 5.91 Å². The van der Waals surface area contributed by atoms with E-state index in [0.29, 0.717) is 13.1 Å². The fraction of sp³-hybridized carbons (Fsp3) is 0.562. The first-order valence-electron chi connectivity index (χ1n) is 7.43. The van der Waals surface area contributed by atoms with Crippen LogP contribution in [0.25, 0.3) is 0 Å². The molecule has 1 aromatic rings. The summed E-state index contributed by atoms with van der Waals surface area (Å²) in [7, 11) is 0. The summed E-state index contributed by atoms with van der Waals surface area (Å²) in [5, 5.41) is 13.5. The quantitative estimate of drug-likeness (QED) is 0.867. The number of aliphatic hydroxyl groups is 1. The fourth-order valence-corrected chi connectivity index (χ4v) is 3.29. The van der Waals surface area contributed by atoms with E-state index in [9.17, 15) is 9.90 Å². The van der Waals surface area contributed by atoms with Gasteiger partial charge in [0.1, 0.15) is 0 Å². The molecule has 1 amide bonds. The van der Waals surface area contributed by atoms with Gasteiger partial charge in [-0.05, 0) is 24.0 Å². The van der Waals surface area contributed by atoms with Crippen LogP contribution in [0.2, 0.25) is 0 Å². The Kier molecular flexibility index (Phi) is 3.52. The van der Waals surface area contributed by atoms with E-state index < -0.39 is 5.60 Å². The molecule has 1 atom stereocenters. The van der Waals surface area contributed by atoms with Crippen molar-refractivity contribution in [3.8, 4) is 0 Å². The van der Waals surface area contributed by atoms with Gasteiger partial charge in [-0.1, -0.05) is 37.6 Å². The fourth-order valence-electron chi connectivity index (χ4n) is 3.29. The molecule has 2 aliphatic rings. The molecule has 0 unspecified atom stereocenters. The van der Waals surface area contributed by atoms with Crippen molar-refractivity contribution in [3.05, 3.63) is 35.4 Å². The maximum atomic E-state index is 12.4. The van der Waals surface area contributed by atoms with Crippen LogP contribution >= 0.6 is 0 Å². The van der Waals surface area contributed by atoms with Crippen LogP contribution in [-0.4, -0.2) is 40.6 Å². The van der Waals surface area contributed by atoms with Crippen molar-refractivity contribution in [2.45, 2.75) is 44.4 Å². The molecule has 2 heterocycles. The molecule has 0 aliphatic carbocycles. The Labute approximate surface area is 119 Å². The summed E-state index contributed by atoms with van der Waals surface area (Å²) in [5.41, 5.74) is 1.90. The lowest BCUT2D eigenvalue weighted by molar-refractivity contribution is -0.158. The number of nitrogens with one attached hydrogen (secondary N) is 1. The Morgan fingerprint density at radius 3 is 2.80 bits per heavy atom. The minimum atomic E-state index is -0.642. The number of hydrogen-bond acceptors (Lipinski definition) is 3. The Morgan fingerprint density at radius 2 is 2.10 bits per heavy atom. The molecule has 108 valence electrons. The number of likely N-dealkylation sites (tertiary alicyclic amines) is 1. The average molecular weight is 274 g/mol. The summed E-state index contributed by atoms with van der Waals surface area (Å²) in [6.45, 7) is 3.78. The van der Waals surface area contributed by atoms with E-state index in [1.165, 1.54) is 11.1 Å². The molecule has 0 aromatic heterocycles. The highest BCUT2D eigenvalue weighted by atomic mass is 16.3. The van der Waals surface area contributed by atoms with E-state index >= 15 is 0 Å². The van der Waals surface area contributed by atoms with E-state index in [1.807, 2.05) is 12.1 Å². The van der Waals surface area contributed by atoms with Crippen molar-refractivity contribution < 1.29 is 9.90 Å². The topological polar surface area (TPSA) is 52.6 Å². The van der Waals surface area contributed by atoms with Crippen LogP contribution in [0.1, 0.15) is 30.9 Å². The molecular formula is C16H22N2O2. The van der Waals surface area contributed by atoms with E-state index in [0.717, 1.165) is 25.8 Å². The van der Waals surface area contributed by atoms with Crippen LogP contribution in [0.15, 0.2) is 24.3 Å². The second-order valence-electron chi connectivity index (χ2n) is 6.07. The van der Waals surface area contributed by atoms with Crippen LogP contribution in [0.3, 0.4) is 0 Å². The molecule has 4 nitrogen and oxygen atoms in total. The van der Waals surface area contributed by atoms with Gasteiger partial charge in [0.05, 0.1) is 24.7 Å². The second kappa shape index (κ2) is 5.19. The van der Waals surface area contributed by atoms with Gasteiger partial charge in [0.15, 0.2) is 0 Å². The Balaban J connectivity index is 1.61. The Hall–Kier alpha value is -1.39. The van der Waals surface area contributed by atoms with Crippen LogP contribution in [-0.2, 0) is 17.8 Å². The molecule has 1 saturated heterocycles. The number of β-amino-alcohol motifs (C(OH)–C–C–N with tert-alkyl or cyclic N) is 1. The van der Waals surface area contributed by atoms with Crippen molar-refractivity contribution in [1.29, 1.82) is 0 Å². The maximum Gasteiger partial charge on any atom is 0.240 e. The highest BCUT2D eigenvalue weighted by Crippen LogP contribution is 2.27. The third-order valence-electron chi connectivity index (χ3n) is 4.38. The number of hydrogen-bond donors (Lipinski definition) is 2. The normalized spacial score (nSPS) is 23.9. The number of carbonyl (C=O) groups is 1. The summed E-state index contributed by atoms with van der Waals surface area (Å²) in [6.07, 6.45) is 2.48. The zero-order valence-corrected chi connectivity index (χ0v) is 11.9. The van der Waals surface area contributed by atoms with E-state index in [4.69, 9.17) is 0 Å². The largest absolute Gasteiger partial charge is 0.386 e. The van der Waals surface area contributed by atoms with E-state index in [1.54, 1.807) is 4.90 Å². The van der Waals surface area contributed by atoms with Gasteiger partial charge in [0.25, 0.3) is 0 Å². The number of rotatable bonds is 3. The zero-order valence-electron chi connectivity index (χ0n) is 11.9. The van der Waals surface area contributed by atoms with Crippen molar-refractivity contribution in [2.75, 3.05) is 13.1 Å². The standard InChI is InChI=1S/C16H22N2O2/c1-2-7-16(20)10-18(11-16)15(19)14-8-12-5-3-4-6-13(12)9-17-14/h3-6,14,17,20H,2,7-11H2,1H3/t14-/m1/s1. The lowest BCUT2D eigenvalue weighted by Gasteiger charge is -2.48. The third-order valence-corrected chi connectivity index (χ3v) is 4.38. The number of nitrogens with zero attached hydrogens (tertiary/aromatic N) is 1. The number of benzene rings is 1. The molecule has 0 saturated carbocycles. The Bertz CT molecular complexity index is 509. The molecule has 20 heavy (non-hydrogen) atoms. The SMILES string of the molecule is CCCC1(O)CN(C(=O)[C@H]2Cc3ccccc3CN2)C1. The van der Waals surface area contributed by atoms with Gasteiger partial charge in [0, 0.05) is 6.54 Å². The first-order chi connectivity index (χ1) is 9.61. The maximum absolute atomic E-state index is 12.4. The summed E-state index contributed by atoms with van der Waals surface area (Å²) in [4.78, 5) is 14.2. The molecular weight excluding hydrogens is 252 g/mol. The van der Waals surface area contributed by atoms with Gasteiger partial charge >= 0.3 is 0 Å². The predicted octanol–water partition coefficient (Wildman–Crippen LogP) is 1.07. The molecule has 4 heteroatoms. The summed E-state index contributed by atoms with van der Waals surface area (Å²) >= 11 is 0. The van der Waals surface area contributed by atoms with Crippen LogP contribution in [0.4, 0.5) is 0 Å². The number of amides is 1. The van der Waals surface area contributed by atoms with Crippen LogP contribution in [0, 0.1) is 0 Å². The summed E-state index contributed by atoms with van der Waals surface area (Å²) in [6, 6.07) is 8.11. The minimum Gasteiger partial charge on any atom is -0.386 e. The molecule has 0 spiro atoms. The first kappa shape index (κ1) is 13.6. The monoisotopic (exact) mass is 274 g/mol. The molecule has 2 aliphatic heterocycles. The lowest BCUT2D eigenvalue weighted by atomic mass is 9.87. The van der Waals surface area contributed by atoms with E-state index in [-0.39, 0.29) is 11.9 Å². The van der Waals surface area contributed by atoms with Gasteiger partial charge in [-0.3, -0.25) is 4.79 Å². The number of carbonyl (C=O) groups excluding carboxylic acids is 1. The smallest absolute Gasteiger partial charge is 0.240 e. The van der Waals surface area contributed by atoms with Gasteiger partial charge < -0.3 is 15.3 Å². The van der Waals surface area contributed by atoms with Gasteiger partial charge in [-0.2, -0.15) is 0 Å². The predicted molar refractivity (Wildman–Crippen MR) is 77.2 cm³/mol. The summed E-state index contributed by atoms with van der Waals surface area (Å²) < 4.78 is 0. The average Bonchev–Trinajstić information content (AvgIpc) is 2.43. The van der Waals surface area contributed by atoms with Crippen molar-refractivity contribution in [2.24, 2.45) is 0 Å². The molecule has 0 bridgehead atoms. The van der Waals surface area contributed by atoms with Crippen molar-refractivity contribution in [1.82, 2.24) is 10.2 Å². The highest BCUT2D eigenvalue weighted by molar-refractivity contribution is 5.83. The zero-order chi connectivity index (χ0) is 14.2. The highest BCUT2D eigenvalue weighted by Gasteiger charge is 2.44. The number of fused-ring (bicyclic) bond motifs is 1. The first-order valence-corrected chi connectivity index (χ1v) is 7.43. The Morgan fingerprint density at radius 1 is 1.40 bits per heavy atom. The second-order valence-corrected chi connectivity index (χ2v) is 6.07.